The van der Waals surface area contributed by atoms with Crippen LogP contribution in [0.4, 0.5) is 0 Å². The molecule has 2 heterocycles. The molecule has 7 heteroatoms. The van der Waals surface area contributed by atoms with Crippen molar-refractivity contribution in [3.05, 3.63) is 30.9 Å². The highest BCUT2D eigenvalue weighted by atomic mass is 32.2. The molecule has 2 aromatic heterocycles. The van der Waals surface area contributed by atoms with E-state index in [1.54, 1.807) is 24.5 Å². The van der Waals surface area contributed by atoms with Crippen molar-refractivity contribution in [1.29, 1.82) is 0 Å². The van der Waals surface area contributed by atoms with Crippen molar-refractivity contribution >= 4 is 10.0 Å². The molecular weight excluding hydrogens is 240 g/mol. The van der Waals surface area contributed by atoms with Crippen molar-refractivity contribution in [2.45, 2.75) is 18.1 Å². The molecule has 0 amide bonds. The van der Waals surface area contributed by atoms with Crippen LogP contribution in [0.25, 0.3) is 11.4 Å². The van der Waals surface area contributed by atoms with E-state index in [9.17, 15) is 8.42 Å². The van der Waals surface area contributed by atoms with Gasteiger partial charge in [-0.1, -0.05) is 0 Å². The van der Waals surface area contributed by atoms with Gasteiger partial charge in [-0.3, -0.25) is 4.98 Å². The molecule has 0 atom stereocenters. The quantitative estimate of drug-likeness (QED) is 0.800. The van der Waals surface area contributed by atoms with Crippen molar-refractivity contribution in [3.8, 4) is 11.4 Å². The Hall–Kier alpha value is -1.76. The van der Waals surface area contributed by atoms with Crippen LogP contribution >= 0.6 is 0 Å². The molecule has 2 aromatic rings. The zero-order valence-corrected chi connectivity index (χ0v) is 9.71. The first-order chi connectivity index (χ1) is 8.18. The first-order valence-corrected chi connectivity index (χ1v) is 6.75. The summed E-state index contributed by atoms with van der Waals surface area (Å²) in [5.41, 5.74) is 0.754. The third-order valence-corrected chi connectivity index (χ3v) is 4.63. The van der Waals surface area contributed by atoms with E-state index in [1.165, 1.54) is 6.33 Å². The fraction of sp³-hybridized carbons (Fsp3) is 0.300. The van der Waals surface area contributed by atoms with Crippen LogP contribution in [0, 0.1) is 0 Å². The second kappa shape index (κ2) is 3.63. The third-order valence-electron chi connectivity index (χ3n) is 2.62. The van der Waals surface area contributed by atoms with E-state index in [0.29, 0.717) is 18.7 Å². The molecule has 0 N–H and O–H groups in total. The van der Waals surface area contributed by atoms with E-state index in [4.69, 9.17) is 0 Å². The van der Waals surface area contributed by atoms with Crippen LogP contribution in [0.3, 0.4) is 0 Å². The number of pyridine rings is 1. The van der Waals surface area contributed by atoms with Crippen molar-refractivity contribution in [2.75, 3.05) is 0 Å². The van der Waals surface area contributed by atoms with E-state index in [1.807, 2.05) is 0 Å². The average Bonchev–Trinajstić information content (AvgIpc) is 3.08. The molecule has 88 valence electrons. The van der Waals surface area contributed by atoms with Gasteiger partial charge >= 0.3 is 0 Å². The van der Waals surface area contributed by atoms with Crippen molar-refractivity contribution in [2.24, 2.45) is 0 Å². The molecule has 1 aliphatic rings. The van der Waals surface area contributed by atoms with E-state index in [0.717, 1.165) is 9.65 Å². The van der Waals surface area contributed by atoms with Crippen molar-refractivity contribution in [1.82, 2.24) is 19.2 Å². The average molecular weight is 250 g/mol. The zero-order valence-electron chi connectivity index (χ0n) is 8.89. The van der Waals surface area contributed by atoms with Gasteiger partial charge in [0.2, 0.25) is 0 Å². The lowest BCUT2D eigenvalue weighted by Crippen LogP contribution is -2.17. The highest BCUT2D eigenvalue weighted by molar-refractivity contribution is 7.90. The normalized spacial score (nSPS) is 16.0. The van der Waals surface area contributed by atoms with Gasteiger partial charge in [-0.05, 0) is 25.0 Å². The van der Waals surface area contributed by atoms with E-state index in [-0.39, 0.29) is 5.25 Å². The maximum Gasteiger partial charge on any atom is 0.258 e. The molecule has 0 spiro atoms. The van der Waals surface area contributed by atoms with Gasteiger partial charge in [0.05, 0.1) is 5.25 Å². The Morgan fingerprint density at radius 1 is 1.24 bits per heavy atom. The topological polar surface area (TPSA) is 77.7 Å². The Morgan fingerprint density at radius 3 is 2.59 bits per heavy atom. The maximum atomic E-state index is 11.9. The van der Waals surface area contributed by atoms with Crippen molar-refractivity contribution < 1.29 is 8.42 Å². The third kappa shape index (κ3) is 1.82. The van der Waals surface area contributed by atoms with Crippen LogP contribution in [0.5, 0.6) is 0 Å². The number of aromatic nitrogens is 4. The van der Waals surface area contributed by atoms with E-state index >= 15 is 0 Å². The standard InChI is InChI=1S/C10H10N4O2S/c15-17(16,9-1-2-9)14-7-12-10(13-14)8-3-5-11-6-4-8/h3-7,9H,1-2H2. The molecule has 0 aromatic carbocycles. The largest absolute Gasteiger partial charge is 0.265 e. The van der Waals surface area contributed by atoms with Gasteiger partial charge in [-0.15, -0.1) is 9.19 Å². The molecule has 0 aliphatic heterocycles. The summed E-state index contributed by atoms with van der Waals surface area (Å²) in [5, 5.41) is 3.72. The molecule has 0 radical (unpaired) electrons. The molecule has 0 bridgehead atoms. The molecule has 17 heavy (non-hydrogen) atoms. The molecular formula is C10H10N4O2S. The minimum absolute atomic E-state index is 0.283. The molecule has 1 fully saturated rings. The first-order valence-electron chi connectivity index (χ1n) is 5.24. The summed E-state index contributed by atoms with van der Waals surface area (Å²) in [4.78, 5) is 7.89. The van der Waals surface area contributed by atoms with Gasteiger partial charge in [0.15, 0.2) is 5.82 Å². The fourth-order valence-corrected chi connectivity index (χ4v) is 2.93. The zero-order chi connectivity index (χ0) is 11.9. The van der Waals surface area contributed by atoms with Crippen molar-refractivity contribution in [3.63, 3.8) is 0 Å². The summed E-state index contributed by atoms with van der Waals surface area (Å²) in [6.45, 7) is 0. The molecule has 0 saturated heterocycles. The van der Waals surface area contributed by atoms with E-state index < -0.39 is 10.0 Å². The summed E-state index contributed by atoms with van der Waals surface area (Å²) < 4.78 is 24.7. The van der Waals surface area contributed by atoms with Gasteiger partial charge < -0.3 is 0 Å². The van der Waals surface area contributed by atoms with Crippen LogP contribution in [0.2, 0.25) is 0 Å². The Labute approximate surface area is 98.4 Å². The second-order valence-corrected chi connectivity index (χ2v) is 5.99. The van der Waals surface area contributed by atoms with Crippen LogP contribution in [-0.2, 0) is 10.0 Å². The smallest absolute Gasteiger partial charge is 0.258 e. The Bertz CT molecular complexity index is 631. The van der Waals surface area contributed by atoms with Crippen LogP contribution in [-0.4, -0.2) is 32.8 Å². The second-order valence-electron chi connectivity index (χ2n) is 3.92. The monoisotopic (exact) mass is 250 g/mol. The summed E-state index contributed by atoms with van der Waals surface area (Å²) in [6, 6.07) is 3.48. The van der Waals surface area contributed by atoms with Gasteiger partial charge in [0, 0.05) is 18.0 Å². The lowest BCUT2D eigenvalue weighted by atomic mass is 10.3. The Morgan fingerprint density at radius 2 is 1.94 bits per heavy atom. The van der Waals surface area contributed by atoms with Gasteiger partial charge in [-0.25, -0.2) is 13.4 Å². The molecule has 1 aliphatic carbocycles. The number of nitrogens with zero attached hydrogens (tertiary/aromatic N) is 4. The minimum Gasteiger partial charge on any atom is -0.265 e. The number of hydrogen-bond donors (Lipinski definition) is 0. The summed E-state index contributed by atoms with van der Waals surface area (Å²) in [5.74, 6) is 0.400. The van der Waals surface area contributed by atoms with Crippen LogP contribution in [0.1, 0.15) is 12.8 Å². The summed E-state index contributed by atoms with van der Waals surface area (Å²) in [6.07, 6.45) is 5.92. The van der Waals surface area contributed by atoms with Crippen LogP contribution < -0.4 is 0 Å². The van der Waals surface area contributed by atoms with Gasteiger partial charge in [0.25, 0.3) is 10.0 Å². The lowest BCUT2D eigenvalue weighted by molar-refractivity contribution is 0.578. The SMILES string of the molecule is O=S(=O)(C1CC1)n1cnc(-c2ccncc2)n1. The number of hydrogen-bond acceptors (Lipinski definition) is 5. The lowest BCUT2D eigenvalue weighted by Gasteiger charge is -1.99. The number of rotatable bonds is 3. The Kier molecular flexibility index (Phi) is 2.22. The van der Waals surface area contributed by atoms with Gasteiger partial charge in [0.1, 0.15) is 6.33 Å². The highest BCUT2D eigenvalue weighted by Gasteiger charge is 2.37. The molecule has 0 unspecified atom stereocenters. The van der Waals surface area contributed by atoms with Crippen LogP contribution in [0.15, 0.2) is 30.9 Å². The van der Waals surface area contributed by atoms with E-state index in [2.05, 4.69) is 15.1 Å². The maximum absolute atomic E-state index is 11.9. The first kappa shape index (κ1) is 10.4. The predicted molar refractivity (Wildman–Crippen MR) is 60.6 cm³/mol. The molecule has 6 nitrogen and oxygen atoms in total. The molecule has 1 saturated carbocycles. The summed E-state index contributed by atoms with van der Waals surface area (Å²) in [7, 11) is -3.33. The molecule has 3 rings (SSSR count). The summed E-state index contributed by atoms with van der Waals surface area (Å²) >= 11 is 0. The Balaban J connectivity index is 1.99. The fourth-order valence-electron chi connectivity index (χ4n) is 1.52. The minimum atomic E-state index is -3.33. The predicted octanol–water partition coefficient (Wildman–Crippen LogP) is 0.680. The highest BCUT2D eigenvalue weighted by Crippen LogP contribution is 2.29. The van der Waals surface area contributed by atoms with Gasteiger partial charge in [-0.2, -0.15) is 0 Å².